The molecule has 1 heterocycles. The molecule has 0 saturated heterocycles. The lowest BCUT2D eigenvalue weighted by Gasteiger charge is -2.15. The molecule has 1 radical (unpaired) electrons. The van der Waals surface area contributed by atoms with E-state index in [1.165, 1.54) is 12.1 Å². The van der Waals surface area contributed by atoms with Crippen molar-refractivity contribution in [1.29, 1.82) is 0 Å². The molecule has 0 atom stereocenters. The van der Waals surface area contributed by atoms with E-state index in [0.717, 1.165) is 23.9 Å². The Hall–Kier alpha value is -3.48. The highest BCUT2D eigenvalue weighted by Gasteiger charge is 2.32. The number of amides is 1. The minimum Gasteiger partial charge on any atom is -0.405 e. The molecular weight excluding hydrogens is 405 g/mol. The van der Waals surface area contributed by atoms with E-state index in [1.807, 2.05) is 22.8 Å². The van der Waals surface area contributed by atoms with Crippen molar-refractivity contribution in [1.82, 2.24) is 4.57 Å². The molecule has 7 heteroatoms. The molecule has 0 aliphatic carbocycles. The van der Waals surface area contributed by atoms with Crippen molar-refractivity contribution in [2.45, 2.75) is 32.7 Å². The lowest BCUT2D eigenvalue weighted by atomic mass is 10.0. The van der Waals surface area contributed by atoms with Gasteiger partial charge < -0.3 is 15.0 Å². The normalized spacial score (nSPS) is 11.9. The number of carbonyl (C=O) groups is 1. The zero-order chi connectivity index (χ0) is 22.2. The van der Waals surface area contributed by atoms with Crippen LogP contribution in [0.25, 0.3) is 21.8 Å². The summed E-state index contributed by atoms with van der Waals surface area (Å²) in [6, 6.07) is 18.4. The second-order valence-electron chi connectivity index (χ2n) is 7.32. The van der Waals surface area contributed by atoms with Gasteiger partial charge in [0.25, 0.3) is 0 Å². The number of halogens is 3. The summed E-state index contributed by atoms with van der Waals surface area (Å²) >= 11 is 0. The van der Waals surface area contributed by atoms with Crippen molar-refractivity contribution in [2.24, 2.45) is 5.73 Å². The van der Waals surface area contributed by atoms with Crippen molar-refractivity contribution in [3.05, 3.63) is 77.4 Å². The highest BCUT2D eigenvalue weighted by atomic mass is 19.4. The molecule has 0 saturated carbocycles. The molecule has 1 amide bonds. The van der Waals surface area contributed by atoms with Gasteiger partial charge in [-0.1, -0.05) is 43.7 Å². The van der Waals surface area contributed by atoms with Gasteiger partial charge >= 0.3 is 6.36 Å². The molecule has 0 spiro atoms. The zero-order valence-electron chi connectivity index (χ0n) is 16.8. The van der Waals surface area contributed by atoms with Gasteiger partial charge in [-0.15, -0.1) is 13.2 Å². The summed E-state index contributed by atoms with van der Waals surface area (Å²) in [4.78, 5) is 12.1. The van der Waals surface area contributed by atoms with Gasteiger partial charge in [0, 0.05) is 21.9 Å². The summed E-state index contributed by atoms with van der Waals surface area (Å²) in [5.41, 5.74) is 8.83. The Morgan fingerprint density at radius 2 is 1.90 bits per heavy atom. The SMILES string of the molecule is CCCc1c[c]c2c3c(C(N)=O)cccc3n(Cc3ccccc3OC(F)(F)F)c2c1. The molecule has 1 aromatic heterocycles. The van der Waals surface area contributed by atoms with Crippen molar-refractivity contribution in [3.63, 3.8) is 0 Å². The molecule has 2 N–H and O–H groups in total. The second kappa shape index (κ2) is 7.98. The van der Waals surface area contributed by atoms with Crippen molar-refractivity contribution >= 4 is 27.7 Å². The van der Waals surface area contributed by atoms with Gasteiger partial charge in [0.1, 0.15) is 5.75 Å². The number of aryl methyl sites for hydroxylation is 1. The average molecular weight is 425 g/mol. The van der Waals surface area contributed by atoms with Gasteiger partial charge in [-0.05, 0) is 42.3 Å². The molecule has 0 bridgehead atoms. The van der Waals surface area contributed by atoms with Crippen LogP contribution in [-0.4, -0.2) is 16.8 Å². The number of rotatable bonds is 6. The minimum atomic E-state index is -4.79. The van der Waals surface area contributed by atoms with Crippen molar-refractivity contribution in [3.8, 4) is 5.75 Å². The van der Waals surface area contributed by atoms with Crippen LogP contribution in [-0.2, 0) is 13.0 Å². The zero-order valence-corrected chi connectivity index (χ0v) is 16.8. The third-order valence-corrected chi connectivity index (χ3v) is 5.19. The number of ether oxygens (including phenoxy) is 1. The van der Waals surface area contributed by atoms with Crippen LogP contribution in [0.4, 0.5) is 13.2 Å². The maximum absolute atomic E-state index is 12.9. The number of hydrogen-bond donors (Lipinski definition) is 1. The van der Waals surface area contributed by atoms with Gasteiger partial charge in [-0.25, -0.2) is 0 Å². The predicted octanol–water partition coefficient (Wildman–Crippen LogP) is 5.59. The predicted molar refractivity (Wildman–Crippen MR) is 113 cm³/mol. The first-order chi connectivity index (χ1) is 14.8. The Morgan fingerprint density at radius 3 is 2.61 bits per heavy atom. The fourth-order valence-corrected chi connectivity index (χ4v) is 3.94. The number of fused-ring (bicyclic) bond motifs is 3. The molecule has 4 aromatic rings. The van der Waals surface area contributed by atoms with Crippen LogP contribution < -0.4 is 10.5 Å². The van der Waals surface area contributed by atoms with E-state index in [-0.39, 0.29) is 12.3 Å². The average Bonchev–Trinajstić information content (AvgIpc) is 3.02. The maximum Gasteiger partial charge on any atom is 0.573 e. The monoisotopic (exact) mass is 425 g/mol. The Bertz CT molecular complexity index is 1280. The van der Waals surface area contributed by atoms with Gasteiger partial charge in [0.05, 0.1) is 17.6 Å². The first kappa shape index (κ1) is 20.8. The third-order valence-electron chi connectivity index (χ3n) is 5.19. The molecule has 4 rings (SSSR count). The first-order valence-corrected chi connectivity index (χ1v) is 9.87. The minimum absolute atomic E-state index is 0.123. The summed E-state index contributed by atoms with van der Waals surface area (Å²) < 4.78 is 44.8. The summed E-state index contributed by atoms with van der Waals surface area (Å²) in [7, 11) is 0. The van der Waals surface area contributed by atoms with Gasteiger partial charge in [0.2, 0.25) is 5.91 Å². The summed E-state index contributed by atoms with van der Waals surface area (Å²) in [6.07, 6.45) is -3.02. The van der Waals surface area contributed by atoms with E-state index >= 15 is 0 Å². The van der Waals surface area contributed by atoms with E-state index in [9.17, 15) is 18.0 Å². The molecule has 31 heavy (non-hydrogen) atoms. The standard InChI is InChI=1S/C24H20F3N2O2/c1-2-6-15-11-12-17-20(13-15)29(19-9-5-8-18(22(17)19)23(28)30)14-16-7-3-4-10-21(16)31-24(25,26)27/h3-5,7-11,13H,2,6,14H2,1H3,(H2,28,30). The molecule has 159 valence electrons. The number of nitrogens with two attached hydrogens (primary N) is 1. The van der Waals surface area contributed by atoms with Crippen LogP contribution in [0.1, 0.15) is 34.8 Å². The van der Waals surface area contributed by atoms with Crippen molar-refractivity contribution in [2.75, 3.05) is 0 Å². The van der Waals surface area contributed by atoms with Crippen LogP contribution in [0.5, 0.6) is 5.75 Å². The number of para-hydroxylation sites is 1. The lowest BCUT2D eigenvalue weighted by Crippen LogP contribution is -2.18. The molecular formula is C24H20F3N2O2. The lowest BCUT2D eigenvalue weighted by molar-refractivity contribution is -0.274. The molecule has 0 unspecified atom stereocenters. The molecule has 0 aliphatic rings. The highest BCUT2D eigenvalue weighted by Crippen LogP contribution is 2.34. The number of nitrogens with zero attached hydrogens (tertiary/aromatic N) is 1. The highest BCUT2D eigenvalue weighted by molar-refractivity contribution is 6.17. The van der Waals surface area contributed by atoms with E-state index in [0.29, 0.717) is 27.4 Å². The second-order valence-corrected chi connectivity index (χ2v) is 7.32. The van der Waals surface area contributed by atoms with Crippen LogP contribution in [0, 0.1) is 6.07 Å². The Kier molecular flexibility index (Phi) is 5.35. The molecule has 4 nitrogen and oxygen atoms in total. The Morgan fingerprint density at radius 1 is 1.13 bits per heavy atom. The summed E-state index contributed by atoms with van der Waals surface area (Å²) in [5, 5.41) is 1.35. The van der Waals surface area contributed by atoms with Crippen LogP contribution in [0.15, 0.2) is 54.6 Å². The number of alkyl halides is 3. The number of carbonyl (C=O) groups excluding carboxylic acids is 1. The molecule has 0 fully saturated rings. The number of benzene rings is 3. The number of primary amides is 1. The van der Waals surface area contributed by atoms with Gasteiger partial charge in [0.15, 0.2) is 0 Å². The van der Waals surface area contributed by atoms with E-state index in [1.54, 1.807) is 24.3 Å². The van der Waals surface area contributed by atoms with E-state index in [2.05, 4.69) is 17.7 Å². The van der Waals surface area contributed by atoms with E-state index < -0.39 is 12.3 Å². The Balaban J connectivity index is 1.96. The van der Waals surface area contributed by atoms with E-state index in [4.69, 9.17) is 5.73 Å². The van der Waals surface area contributed by atoms with Gasteiger partial charge in [-0.3, -0.25) is 4.79 Å². The number of hydrogen-bond acceptors (Lipinski definition) is 2. The smallest absolute Gasteiger partial charge is 0.405 e. The first-order valence-electron chi connectivity index (χ1n) is 9.87. The summed E-state index contributed by atoms with van der Waals surface area (Å²) in [5.74, 6) is -0.832. The third kappa shape index (κ3) is 4.08. The number of aromatic nitrogens is 1. The van der Waals surface area contributed by atoms with Crippen LogP contribution >= 0.6 is 0 Å². The molecule has 3 aromatic carbocycles. The van der Waals surface area contributed by atoms with Crippen LogP contribution in [0.3, 0.4) is 0 Å². The fourth-order valence-electron chi connectivity index (χ4n) is 3.94. The van der Waals surface area contributed by atoms with Crippen molar-refractivity contribution < 1.29 is 22.7 Å². The fraction of sp³-hybridized carbons (Fsp3) is 0.208. The quantitative estimate of drug-likeness (QED) is 0.438. The topological polar surface area (TPSA) is 57.2 Å². The molecule has 0 aliphatic heterocycles. The Labute approximate surface area is 177 Å². The largest absolute Gasteiger partial charge is 0.573 e. The summed E-state index contributed by atoms with van der Waals surface area (Å²) in [6.45, 7) is 2.19. The van der Waals surface area contributed by atoms with Gasteiger partial charge in [-0.2, -0.15) is 0 Å². The van der Waals surface area contributed by atoms with Crippen LogP contribution in [0.2, 0.25) is 0 Å². The maximum atomic E-state index is 12.9.